The fourth-order valence-corrected chi connectivity index (χ4v) is 2.69. The van der Waals surface area contributed by atoms with E-state index in [9.17, 15) is 23.1 Å². The number of anilines is 1. The molecule has 0 spiro atoms. The van der Waals surface area contributed by atoms with Crippen LogP contribution in [0.3, 0.4) is 0 Å². The summed E-state index contributed by atoms with van der Waals surface area (Å²) in [6.07, 6.45) is -0.489. The van der Waals surface area contributed by atoms with Gasteiger partial charge < -0.3 is 15.7 Å². The van der Waals surface area contributed by atoms with Gasteiger partial charge in [0.1, 0.15) is 0 Å². The van der Waals surface area contributed by atoms with E-state index in [4.69, 9.17) is 34.8 Å². The van der Waals surface area contributed by atoms with E-state index in [1.807, 2.05) is 0 Å². The molecule has 0 radical (unpaired) electrons. The third kappa shape index (κ3) is 3.74. The lowest BCUT2D eigenvalue weighted by molar-refractivity contribution is -0.153. The Morgan fingerprint density at radius 1 is 1.25 bits per heavy atom. The summed E-state index contributed by atoms with van der Waals surface area (Å²) in [4.78, 5) is 9.18. The fourth-order valence-electron chi connectivity index (χ4n) is 2.00. The Kier molecular flexibility index (Phi) is 5.27. The molecule has 2 amide bonds. The number of halogens is 6. The zero-order valence-corrected chi connectivity index (χ0v) is 13.9. The van der Waals surface area contributed by atoms with E-state index in [0.717, 1.165) is 18.2 Å². The van der Waals surface area contributed by atoms with Crippen molar-refractivity contribution in [1.29, 1.82) is 0 Å². The van der Waals surface area contributed by atoms with E-state index in [0.29, 0.717) is 0 Å². The molecule has 4 nitrogen and oxygen atoms in total. The van der Waals surface area contributed by atoms with Gasteiger partial charge >= 0.3 is 12.2 Å². The van der Waals surface area contributed by atoms with Crippen molar-refractivity contribution in [2.24, 2.45) is 0 Å². The Morgan fingerprint density at radius 3 is 2.54 bits per heavy atom. The number of hydrogen-bond donors (Lipinski definition) is 3. The fraction of sp³-hybridized carbons (Fsp3) is 0.214. The molecule has 0 heterocycles. The molecule has 0 aromatic heterocycles. The number of alkyl halides is 4. The Labute approximate surface area is 149 Å². The first-order chi connectivity index (χ1) is 11.0. The molecule has 10 heteroatoms. The van der Waals surface area contributed by atoms with Gasteiger partial charge in [0.15, 0.2) is 10.6 Å². The summed E-state index contributed by atoms with van der Waals surface area (Å²) in [5.74, 6) is -0.469. The maximum Gasteiger partial charge on any atom is 0.413 e. The Morgan fingerprint density at radius 2 is 1.92 bits per heavy atom. The molecular formula is C14H10Cl3F3N2O2. The minimum atomic E-state index is -4.80. The van der Waals surface area contributed by atoms with E-state index >= 15 is 0 Å². The number of urea groups is 1. The molecule has 1 aliphatic rings. The van der Waals surface area contributed by atoms with E-state index in [1.54, 1.807) is 0 Å². The monoisotopic (exact) mass is 400 g/mol. The number of allylic oxidation sites excluding steroid dienone is 2. The van der Waals surface area contributed by atoms with Crippen molar-refractivity contribution in [3.05, 3.63) is 46.5 Å². The van der Waals surface area contributed by atoms with Gasteiger partial charge in [-0.1, -0.05) is 47.5 Å². The summed E-state index contributed by atoms with van der Waals surface area (Å²) in [6.45, 7) is 0. The number of hydrogen-bond acceptors (Lipinski definition) is 2. The molecule has 24 heavy (non-hydrogen) atoms. The van der Waals surface area contributed by atoms with Crippen LogP contribution in [-0.4, -0.2) is 28.2 Å². The SMILES string of the molecule is O=C(Nc1cc(Cl)cc(Cl)c1O)NC1C=CC=CC1(Cl)C(F)(F)F. The quantitative estimate of drug-likeness (QED) is 0.490. The van der Waals surface area contributed by atoms with Crippen LogP contribution < -0.4 is 10.6 Å². The third-order valence-electron chi connectivity index (χ3n) is 3.20. The van der Waals surface area contributed by atoms with Gasteiger partial charge in [0, 0.05) is 5.02 Å². The van der Waals surface area contributed by atoms with Gasteiger partial charge in [0.05, 0.1) is 16.8 Å². The number of aromatic hydroxyl groups is 1. The highest BCUT2D eigenvalue weighted by molar-refractivity contribution is 6.36. The zero-order valence-electron chi connectivity index (χ0n) is 11.7. The van der Waals surface area contributed by atoms with E-state index < -0.39 is 28.9 Å². The van der Waals surface area contributed by atoms with Crippen molar-refractivity contribution in [2.75, 3.05) is 5.32 Å². The molecule has 2 unspecified atom stereocenters. The van der Waals surface area contributed by atoms with Crippen molar-refractivity contribution in [1.82, 2.24) is 5.32 Å². The van der Waals surface area contributed by atoms with Crippen LogP contribution in [0.25, 0.3) is 0 Å². The van der Waals surface area contributed by atoms with Gasteiger partial charge in [-0.25, -0.2) is 4.79 Å². The number of phenols is 1. The van der Waals surface area contributed by atoms with Crippen LogP contribution in [0.4, 0.5) is 23.7 Å². The van der Waals surface area contributed by atoms with Gasteiger partial charge in [-0.15, -0.1) is 11.6 Å². The normalized spacial score (nSPS) is 23.2. The van der Waals surface area contributed by atoms with Gasteiger partial charge in [-0.3, -0.25) is 0 Å². The summed E-state index contributed by atoms with van der Waals surface area (Å²) in [7, 11) is 0. The number of nitrogens with one attached hydrogen (secondary N) is 2. The van der Waals surface area contributed by atoms with Crippen molar-refractivity contribution in [3.8, 4) is 5.75 Å². The molecule has 2 rings (SSSR count). The number of benzene rings is 1. The molecule has 1 aliphatic carbocycles. The average Bonchev–Trinajstić information content (AvgIpc) is 2.45. The minimum absolute atomic E-state index is 0.121. The van der Waals surface area contributed by atoms with E-state index in [-0.39, 0.29) is 15.7 Å². The Balaban J connectivity index is 2.18. The molecule has 130 valence electrons. The Bertz CT molecular complexity index is 722. The molecule has 0 aliphatic heterocycles. The molecule has 0 saturated carbocycles. The molecule has 3 N–H and O–H groups in total. The van der Waals surface area contributed by atoms with Crippen molar-refractivity contribution < 1.29 is 23.1 Å². The Hall–Kier alpha value is -1.57. The highest BCUT2D eigenvalue weighted by atomic mass is 35.5. The summed E-state index contributed by atoms with van der Waals surface area (Å²) >= 11 is 17.1. The van der Waals surface area contributed by atoms with Gasteiger partial charge in [0.25, 0.3) is 0 Å². The van der Waals surface area contributed by atoms with Gasteiger partial charge in [-0.2, -0.15) is 13.2 Å². The van der Waals surface area contributed by atoms with Crippen LogP contribution in [0, 0.1) is 0 Å². The summed E-state index contributed by atoms with van der Waals surface area (Å²) in [5, 5.41) is 14.0. The molecule has 2 atom stereocenters. The van der Waals surface area contributed by atoms with Gasteiger partial charge in [0.2, 0.25) is 0 Å². The molecule has 0 fully saturated rings. The smallest absolute Gasteiger partial charge is 0.413 e. The van der Waals surface area contributed by atoms with Crippen LogP contribution in [0.1, 0.15) is 0 Å². The second kappa shape index (κ2) is 6.74. The maximum atomic E-state index is 13.2. The second-order valence-corrected chi connectivity index (χ2v) is 6.34. The van der Waals surface area contributed by atoms with Crippen molar-refractivity contribution in [3.63, 3.8) is 0 Å². The lowest BCUT2D eigenvalue weighted by Gasteiger charge is -2.34. The largest absolute Gasteiger partial charge is 0.504 e. The highest BCUT2D eigenvalue weighted by Gasteiger charge is 2.57. The minimum Gasteiger partial charge on any atom is -0.504 e. The van der Waals surface area contributed by atoms with Crippen LogP contribution in [0.5, 0.6) is 5.75 Å². The number of carbonyl (C=O) groups is 1. The number of phenolic OH excluding ortho intramolecular Hbond substituents is 1. The van der Waals surface area contributed by atoms with E-state index in [2.05, 4.69) is 10.6 Å². The van der Waals surface area contributed by atoms with Crippen LogP contribution in [0.2, 0.25) is 10.0 Å². The van der Waals surface area contributed by atoms with Crippen LogP contribution >= 0.6 is 34.8 Å². The summed E-state index contributed by atoms with van der Waals surface area (Å²) in [5.41, 5.74) is -0.160. The maximum absolute atomic E-state index is 13.2. The first-order valence-corrected chi connectivity index (χ1v) is 7.55. The zero-order chi connectivity index (χ0) is 18.1. The van der Waals surface area contributed by atoms with Crippen LogP contribution in [-0.2, 0) is 0 Å². The van der Waals surface area contributed by atoms with Gasteiger partial charge in [-0.05, 0) is 12.1 Å². The number of rotatable bonds is 2. The number of carbonyl (C=O) groups excluding carboxylic acids is 1. The summed E-state index contributed by atoms with van der Waals surface area (Å²) < 4.78 is 39.5. The summed E-state index contributed by atoms with van der Waals surface area (Å²) in [6, 6.07) is -0.149. The molecule has 0 bridgehead atoms. The van der Waals surface area contributed by atoms with E-state index in [1.165, 1.54) is 18.2 Å². The van der Waals surface area contributed by atoms with Crippen molar-refractivity contribution in [2.45, 2.75) is 17.1 Å². The number of amides is 2. The lowest BCUT2D eigenvalue weighted by Crippen LogP contribution is -2.56. The predicted molar refractivity (Wildman–Crippen MR) is 87.0 cm³/mol. The first kappa shape index (κ1) is 18.8. The average molecular weight is 402 g/mol. The molecule has 0 saturated heterocycles. The highest BCUT2D eigenvalue weighted by Crippen LogP contribution is 2.42. The third-order valence-corrected chi connectivity index (χ3v) is 4.29. The molecule has 1 aromatic carbocycles. The lowest BCUT2D eigenvalue weighted by atomic mass is 9.93. The van der Waals surface area contributed by atoms with Crippen molar-refractivity contribution >= 4 is 46.5 Å². The first-order valence-electron chi connectivity index (χ1n) is 6.42. The standard InChI is InChI=1S/C14H10Cl3F3N2O2/c15-7-5-8(16)11(23)9(6-7)21-12(24)22-10-3-1-2-4-13(10,17)14(18,19)20/h1-6,10,23H,(H2,21,22,24). The topological polar surface area (TPSA) is 61.4 Å². The molecule has 1 aromatic rings. The predicted octanol–water partition coefficient (Wildman–Crippen LogP) is 4.86. The molecular weight excluding hydrogens is 392 g/mol. The van der Waals surface area contributed by atoms with Crippen LogP contribution in [0.15, 0.2) is 36.4 Å². The second-order valence-electron chi connectivity index (χ2n) is 4.87.